The summed E-state index contributed by atoms with van der Waals surface area (Å²) in [7, 11) is -1.38. The molecule has 0 saturated heterocycles. The monoisotopic (exact) mass is 536 g/mol. The molecule has 4 aromatic carbocycles. The van der Waals surface area contributed by atoms with E-state index in [4.69, 9.17) is 0 Å². The highest BCUT2D eigenvalue weighted by atomic mass is 32.1. The minimum Gasteiger partial charge on any atom is -0.145 e. The zero-order valence-electron chi connectivity index (χ0n) is 22.5. The smallest absolute Gasteiger partial charge is 0.0107 e. The number of thiophene rings is 1. The summed E-state index contributed by atoms with van der Waals surface area (Å²) in [6.07, 6.45) is 0. The van der Waals surface area contributed by atoms with Crippen molar-refractivity contribution < 1.29 is 0 Å². The molecule has 0 bridgehead atoms. The van der Waals surface area contributed by atoms with Gasteiger partial charge in [-0.2, -0.15) is 0 Å². The first-order valence-corrected chi connectivity index (χ1v) is 16.3. The van der Waals surface area contributed by atoms with Gasteiger partial charge in [0.1, 0.15) is 0 Å². The third-order valence-corrected chi connectivity index (χ3v) is 13.6. The summed E-state index contributed by atoms with van der Waals surface area (Å²) in [6, 6.07) is 37.1. The highest BCUT2D eigenvalue weighted by Gasteiger charge is 2.30. The van der Waals surface area contributed by atoms with Crippen LogP contribution < -0.4 is 31.8 Å². The fourth-order valence-corrected chi connectivity index (χ4v) is 12.0. The first-order valence-electron chi connectivity index (χ1n) is 12.8. The molecule has 0 radical (unpaired) electrons. The van der Waals surface area contributed by atoms with E-state index in [1.807, 2.05) is 11.3 Å². The Hall–Kier alpha value is -2.56. The SMILES string of the molecule is Cc1ccc(P(c2ccc(C)cc2)c2c(C)sc(C)c2P(c2ccc(C)cc2)c2ccc(C)cc2)cc1. The summed E-state index contributed by atoms with van der Waals surface area (Å²) in [6.45, 7) is 13.4. The molecule has 0 saturated carbocycles. The summed E-state index contributed by atoms with van der Waals surface area (Å²) >= 11 is 1.98. The van der Waals surface area contributed by atoms with E-state index in [9.17, 15) is 0 Å². The van der Waals surface area contributed by atoms with Gasteiger partial charge in [0.15, 0.2) is 0 Å². The molecule has 0 spiro atoms. The van der Waals surface area contributed by atoms with Crippen LogP contribution in [0.1, 0.15) is 32.0 Å². The summed E-state index contributed by atoms with van der Waals surface area (Å²) < 4.78 is 0. The summed E-state index contributed by atoms with van der Waals surface area (Å²) in [5, 5.41) is 8.81. The van der Waals surface area contributed by atoms with E-state index in [0.29, 0.717) is 0 Å². The molecular weight excluding hydrogens is 502 g/mol. The van der Waals surface area contributed by atoms with Crippen molar-refractivity contribution in [2.75, 3.05) is 0 Å². The average molecular weight is 537 g/mol. The van der Waals surface area contributed by atoms with Gasteiger partial charge in [0.05, 0.1) is 0 Å². The van der Waals surface area contributed by atoms with Gasteiger partial charge in [0, 0.05) is 20.4 Å². The molecule has 5 aromatic rings. The second-order valence-electron chi connectivity index (χ2n) is 9.92. The lowest BCUT2D eigenvalue weighted by Crippen LogP contribution is -2.34. The molecule has 0 atom stereocenters. The Morgan fingerprint density at radius 1 is 0.351 bits per heavy atom. The zero-order valence-corrected chi connectivity index (χ0v) is 25.1. The number of aryl methyl sites for hydroxylation is 6. The molecule has 0 amide bonds. The molecule has 186 valence electrons. The van der Waals surface area contributed by atoms with Crippen LogP contribution in [0.25, 0.3) is 0 Å². The third kappa shape index (κ3) is 5.51. The van der Waals surface area contributed by atoms with Crippen molar-refractivity contribution in [3.05, 3.63) is 129 Å². The Labute approximate surface area is 228 Å². The van der Waals surface area contributed by atoms with Gasteiger partial charge in [-0.3, -0.25) is 0 Å². The molecule has 1 aromatic heterocycles. The van der Waals surface area contributed by atoms with Crippen LogP contribution in [-0.2, 0) is 0 Å². The number of rotatable bonds is 6. The standard InChI is InChI=1S/C34H34P2S/c1-23-7-15-29(16-8-23)35(30-17-9-24(2)10-18-30)33-27(5)37-28(6)34(33)36(31-19-11-25(3)12-20-31)32-21-13-26(4)14-22-32/h7-22H,1-6H3. The predicted molar refractivity (Wildman–Crippen MR) is 170 cm³/mol. The molecule has 0 aliphatic carbocycles. The van der Waals surface area contributed by atoms with E-state index in [2.05, 4.69) is 139 Å². The molecule has 0 unspecified atom stereocenters. The van der Waals surface area contributed by atoms with E-state index in [1.54, 1.807) is 10.6 Å². The lowest BCUT2D eigenvalue weighted by molar-refractivity contribution is 1.48. The summed E-state index contributed by atoms with van der Waals surface area (Å²) in [5.41, 5.74) is 5.23. The van der Waals surface area contributed by atoms with Crippen molar-refractivity contribution in [2.24, 2.45) is 0 Å². The molecular formula is C34H34P2S. The van der Waals surface area contributed by atoms with Gasteiger partial charge in [-0.15, -0.1) is 11.3 Å². The van der Waals surface area contributed by atoms with Crippen LogP contribution in [-0.4, -0.2) is 0 Å². The van der Waals surface area contributed by atoms with Crippen LogP contribution in [0, 0.1) is 41.5 Å². The lowest BCUT2D eigenvalue weighted by Gasteiger charge is -2.27. The van der Waals surface area contributed by atoms with Gasteiger partial charge in [0.2, 0.25) is 0 Å². The van der Waals surface area contributed by atoms with Gasteiger partial charge >= 0.3 is 0 Å². The van der Waals surface area contributed by atoms with Crippen molar-refractivity contribution in [3.8, 4) is 0 Å². The van der Waals surface area contributed by atoms with Crippen molar-refractivity contribution >= 4 is 59.0 Å². The minimum absolute atomic E-state index is 0.691. The second-order valence-corrected chi connectivity index (χ2v) is 15.7. The van der Waals surface area contributed by atoms with Crippen LogP contribution in [0.3, 0.4) is 0 Å². The molecule has 0 N–H and O–H groups in total. The Morgan fingerprint density at radius 2 is 0.568 bits per heavy atom. The third-order valence-electron chi connectivity index (χ3n) is 6.81. The quantitative estimate of drug-likeness (QED) is 0.203. The number of hydrogen-bond donors (Lipinski definition) is 0. The van der Waals surface area contributed by atoms with Crippen molar-refractivity contribution in [2.45, 2.75) is 41.5 Å². The van der Waals surface area contributed by atoms with Gasteiger partial charge in [-0.1, -0.05) is 119 Å². The molecule has 37 heavy (non-hydrogen) atoms. The number of benzene rings is 4. The maximum absolute atomic E-state index is 2.36. The highest BCUT2D eigenvalue weighted by Crippen LogP contribution is 2.43. The molecule has 0 nitrogen and oxygen atoms in total. The van der Waals surface area contributed by atoms with Gasteiger partial charge in [-0.05, 0) is 78.6 Å². The van der Waals surface area contributed by atoms with Crippen molar-refractivity contribution in [1.82, 2.24) is 0 Å². The molecule has 1 heterocycles. The average Bonchev–Trinajstić information content (AvgIpc) is 3.17. The predicted octanol–water partition coefficient (Wildman–Crippen LogP) is 7.12. The topological polar surface area (TPSA) is 0 Å². The second kappa shape index (κ2) is 11.0. The van der Waals surface area contributed by atoms with E-state index < -0.39 is 15.8 Å². The summed E-state index contributed by atoms with van der Waals surface area (Å²) in [4.78, 5) is 2.90. The van der Waals surface area contributed by atoms with E-state index >= 15 is 0 Å². The Morgan fingerprint density at radius 3 is 0.784 bits per heavy atom. The highest BCUT2D eigenvalue weighted by molar-refractivity contribution is 7.86. The van der Waals surface area contributed by atoms with Crippen molar-refractivity contribution in [1.29, 1.82) is 0 Å². The normalized spacial score (nSPS) is 11.5. The van der Waals surface area contributed by atoms with Crippen LogP contribution >= 0.6 is 27.2 Å². The van der Waals surface area contributed by atoms with E-state index in [0.717, 1.165) is 0 Å². The summed E-state index contributed by atoms with van der Waals surface area (Å²) in [5.74, 6) is 0. The maximum Gasteiger partial charge on any atom is 0.0107 e. The first kappa shape index (κ1) is 26.1. The maximum atomic E-state index is 2.36. The zero-order chi connectivity index (χ0) is 26.1. The van der Waals surface area contributed by atoms with Crippen LogP contribution in [0.2, 0.25) is 0 Å². The van der Waals surface area contributed by atoms with Crippen LogP contribution in [0.5, 0.6) is 0 Å². The Kier molecular flexibility index (Phi) is 7.78. The molecule has 0 aliphatic rings. The number of hydrogen-bond acceptors (Lipinski definition) is 1. The largest absolute Gasteiger partial charge is 0.145 e. The Bertz CT molecular complexity index is 1290. The fourth-order valence-electron chi connectivity index (χ4n) is 4.78. The molecule has 0 aliphatic heterocycles. The van der Waals surface area contributed by atoms with Gasteiger partial charge < -0.3 is 0 Å². The molecule has 3 heteroatoms. The van der Waals surface area contributed by atoms with Crippen molar-refractivity contribution in [3.63, 3.8) is 0 Å². The van der Waals surface area contributed by atoms with E-state index in [-0.39, 0.29) is 0 Å². The first-order chi connectivity index (χ1) is 17.8. The molecule has 5 rings (SSSR count). The van der Waals surface area contributed by atoms with Crippen LogP contribution in [0.15, 0.2) is 97.1 Å². The lowest BCUT2D eigenvalue weighted by atomic mass is 10.2. The Balaban J connectivity index is 1.79. The van der Waals surface area contributed by atoms with Gasteiger partial charge in [0.25, 0.3) is 0 Å². The minimum atomic E-state index is -0.691. The van der Waals surface area contributed by atoms with Crippen LogP contribution in [0.4, 0.5) is 0 Å². The fraction of sp³-hybridized carbons (Fsp3) is 0.176. The van der Waals surface area contributed by atoms with Gasteiger partial charge in [-0.25, -0.2) is 0 Å². The van der Waals surface area contributed by atoms with E-state index in [1.165, 1.54) is 53.2 Å². The molecule has 0 fully saturated rings.